The Bertz CT molecular complexity index is 296. The van der Waals surface area contributed by atoms with E-state index in [0.717, 1.165) is 24.6 Å². The van der Waals surface area contributed by atoms with Gasteiger partial charge in [-0.3, -0.25) is 0 Å². The lowest BCUT2D eigenvalue weighted by atomic mass is 10.1. The molecule has 1 aliphatic rings. The second kappa shape index (κ2) is 11.0. The predicted octanol–water partition coefficient (Wildman–Crippen LogP) is 3.00. The van der Waals surface area contributed by atoms with E-state index < -0.39 is 0 Å². The highest BCUT2D eigenvalue weighted by Gasteiger charge is 2.12. The Hall–Kier alpha value is -1.16. The Kier molecular flexibility index (Phi) is 10.3. The van der Waals surface area contributed by atoms with E-state index in [1.54, 1.807) is 6.33 Å². The zero-order chi connectivity index (χ0) is 13.8. The standard InChI is InChI=1S/C10H16N4.2C2H6/c1-8-6-10(13-7-12-8)14-9-2-4-11-5-3-9;2*1-2/h6-7,9,11H,2-5H2,1H3,(H,12,13,14);2*1-2H3. The molecule has 4 nitrogen and oxygen atoms in total. The molecular weight excluding hydrogens is 224 g/mol. The highest BCUT2D eigenvalue weighted by molar-refractivity contribution is 5.35. The summed E-state index contributed by atoms with van der Waals surface area (Å²) in [6.07, 6.45) is 3.95. The third kappa shape index (κ3) is 6.55. The highest BCUT2D eigenvalue weighted by Crippen LogP contribution is 2.10. The van der Waals surface area contributed by atoms with Gasteiger partial charge in [-0.25, -0.2) is 9.97 Å². The Morgan fingerprint density at radius 2 is 1.72 bits per heavy atom. The summed E-state index contributed by atoms with van der Waals surface area (Å²) < 4.78 is 0. The molecule has 4 heteroatoms. The quantitative estimate of drug-likeness (QED) is 0.849. The number of hydrogen-bond acceptors (Lipinski definition) is 4. The van der Waals surface area contributed by atoms with Crippen molar-refractivity contribution in [3.8, 4) is 0 Å². The molecule has 0 amide bonds. The van der Waals surface area contributed by atoms with Crippen LogP contribution in [0.5, 0.6) is 0 Å². The van der Waals surface area contributed by atoms with E-state index >= 15 is 0 Å². The van der Waals surface area contributed by atoms with Gasteiger partial charge < -0.3 is 10.6 Å². The molecule has 0 saturated carbocycles. The van der Waals surface area contributed by atoms with Gasteiger partial charge in [-0.15, -0.1) is 0 Å². The summed E-state index contributed by atoms with van der Waals surface area (Å²) in [5.41, 5.74) is 1.01. The van der Waals surface area contributed by atoms with Gasteiger partial charge in [0, 0.05) is 17.8 Å². The van der Waals surface area contributed by atoms with Crippen LogP contribution in [0, 0.1) is 6.92 Å². The van der Waals surface area contributed by atoms with Gasteiger partial charge in [0.1, 0.15) is 12.1 Å². The average Bonchev–Trinajstić information content (AvgIpc) is 2.44. The molecule has 1 fully saturated rings. The lowest BCUT2D eigenvalue weighted by Crippen LogP contribution is -2.35. The molecule has 0 unspecified atom stereocenters. The molecule has 0 aromatic carbocycles. The van der Waals surface area contributed by atoms with E-state index in [9.17, 15) is 0 Å². The number of aryl methyl sites for hydroxylation is 1. The van der Waals surface area contributed by atoms with Crippen molar-refractivity contribution in [1.82, 2.24) is 15.3 Å². The predicted molar refractivity (Wildman–Crippen MR) is 79.0 cm³/mol. The fourth-order valence-corrected chi connectivity index (χ4v) is 1.71. The second-order valence-corrected chi connectivity index (χ2v) is 3.71. The summed E-state index contributed by atoms with van der Waals surface area (Å²) in [5.74, 6) is 0.949. The molecule has 1 aliphatic heterocycles. The summed E-state index contributed by atoms with van der Waals surface area (Å²) in [7, 11) is 0. The molecule has 18 heavy (non-hydrogen) atoms. The van der Waals surface area contributed by atoms with Crippen LogP contribution in [-0.4, -0.2) is 29.1 Å². The first-order chi connectivity index (χ1) is 8.84. The maximum Gasteiger partial charge on any atom is 0.129 e. The molecule has 1 aromatic heterocycles. The van der Waals surface area contributed by atoms with Gasteiger partial charge in [0.2, 0.25) is 0 Å². The molecule has 2 rings (SSSR count). The Balaban J connectivity index is 0.000000659. The number of aromatic nitrogens is 2. The van der Waals surface area contributed by atoms with Crippen molar-refractivity contribution < 1.29 is 0 Å². The zero-order valence-corrected chi connectivity index (χ0v) is 12.5. The first kappa shape index (κ1) is 16.8. The average molecular weight is 252 g/mol. The van der Waals surface area contributed by atoms with E-state index in [1.807, 2.05) is 40.7 Å². The molecule has 0 bridgehead atoms. The third-order valence-electron chi connectivity index (χ3n) is 2.49. The molecule has 1 aromatic rings. The van der Waals surface area contributed by atoms with E-state index in [2.05, 4.69) is 20.6 Å². The number of rotatable bonds is 2. The summed E-state index contributed by atoms with van der Waals surface area (Å²) in [6, 6.07) is 2.55. The topological polar surface area (TPSA) is 49.8 Å². The SMILES string of the molecule is CC.CC.Cc1cc(NC2CCNCC2)ncn1. The van der Waals surface area contributed by atoms with Crippen LogP contribution >= 0.6 is 0 Å². The van der Waals surface area contributed by atoms with Crippen LogP contribution in [0.4, 0.5) is 5.82 Å². The molecule has 1 saturated heterocycles. The van der Waals surface area contributed by atoms with Crippen LogP contribution < -0.4 is 10.6 Å². The summed E-state index contributed by atoms with van der Waals surface area (Å²) in [4.78, 5) is 8.26. The number of hydrogen-bond donors (Lipinski definition) is 2. The lowest BCUT2D eigenvalue weighted by Gasteiger charge is -2.24. The first-order valence-electron chi connectivity index (χ1n) is 7.10. The van der Waals surface area contributed by atoms with Crippen molar-refractivity contribution in [2.24, 2.45) is 0 Å². The summed E-state index contributed by atoms with van der Waals surface area (Å²) in [6.45, 7) is 12.2. The van der Waals surface area contributed by atoms with Crippen LogP contribution in [0.25, 0.3) is 0 Å². The van der Waals surface area contributed by atoms with Crippen molar-refractivity contribution in [1.29, 1.82) is 0 Å². The number of nitrogens with one attached hydrogen (secondary N) is 2. The monoisotopic (exact) mass is 252 g/mol. The van der Waals surface area contributed by atoms with Crippen LogP contribution in [-0.2, 0) is 0 Å². The Morgan fingerprint density at radius 3 is 2.28 bits per heavy atom. The molecular formula is C14H28N4. The first-order valence-corrected chi connectivity index (χ1v) is 7.10. The largest absolute Gasteiger partial charge is 0.367 e. The van der Waals surface area contributed by atoms with Crippen molar-refractivity contribution in [3.05, 3.63) is 18.1 Å². The van der Waals surface area contributed by atoms with E-state index in [-0.39, 0.29) is 0 Å². The van der Waals surface area contributed by atoms with Crippen molar-refractivity contribution >= 4 is 5.82 Å². The van der Waals surface area contributed by atoms with E-state index in [1.165, 1.54) is 12.8 Å². The van der Waals surface area contributed by atoms with Crippen LogP contribution in [0.3, 0.4) is 0 Å². The van der Waals surface area contributed by atoms with Gasteiger partial charge in [-0.05, 0) is 32.9 Å². The van der Waals surface area contributed by atoms with Gasteiger partial charge in [0.15, 0.2) is 0 Å². The summed E-state index contributed by atoms with van der Waals surface area (Å²) >= 11 is 0. The van der Waals surface area contributed by atoms with Gasteiger partial charge >= 0.3 is 0 Å². The van der Waals surface area contributed by atoms with E-state index in [4.69, 9.17) is 0 Å². The van der Waals surface area contributed by atoms with Gasteiger partial charge in [-0.2, -0.15) is 0 Å². The minimum absolute atomic E-state index is 0.561. The maximum atomic E-state index is 4.19. The molecule has 104 valence electrons. The fraction of sp³-hybridized carbons (Fsp3) is 0.714. The molecule has 0 spiro atoms. The zero-order valence-electron chi connectivity index (χ0n) is 12.5. The number of nitrogens with zero attached hydrogens (tertiary/aromatic N) is 2. The van der Waals surface area contributed by atoms with Crippen molar-refractivity contribution in [2.45, 2.75) is 53.5 Å². The van der Waals surface area contributed by atoms with Crippen LogP contribution in [0.2, 0.25) is 0 Å². The molecule has 0 atom stereocenters. The number of anilines is 1. The van der Waals surface area contributed by atoms with Crippen molar-refractivity contribution in [2.75, 3.05) is 18.4 Å². The molecule has 2 heterocycles. The minimum atomic E-state index is 0.561. The van der Waals surface area contributed by atoms with Gasteiger partial charge in [0.05, 0.1) is 0 Å². The van der Waals surface area contributed by atoms with Gasteiger partial charge in [-0.1, -0.05) is 27.7 Å². The van der Waals surface area contributed by atoms with E-state index in [0.29, 0.717) is 6.04 Å². The second-order valence-electron chi connectivity index (χ2n) is 3.71. The highest BCUT2D eigenvalue weighted by atomic mass is 15.0. The van der Waals surface area contributed by atoms with Crippen LogP contribution in [0.1, 0.15) is 46.2 Å². The molecule has 0 aliphatic carbocycles. The number of piperidine rings is 1. The Morgan fingerprint density at radius 1 is 1.11 bits per heavy atom. The smallest absolute Gasteiger partial charge is 0.129 e. The fourth-order valence-electron chi connectivity index (χ4n) is 1.71. The lowest BCUT2D eigenvalue weighted by molar-refractivity contribution is 0.478. The Labute approximate surface area is 112 Å². The molecule has 0 radical (unpaired) electrons. The normalized spacial score (nSPS) is 14.7. The van der Waals surface area contributed by atoms with Gasteiger partial charge in [0.25, 0.3) is 0 Å². The van der Waals surface area contributed by atoms with Crippen LogP contribution in [0.15, 0.2) is 12.4 Å². The third-order valence-corrected chi connectivity index (χ3v) is 2.49. The summed E-state index contributed by atoms with van der Waals surface area (Å²) in [5, 5.41) is 6.77. The van der Waals surface area contributed by atoms with Crippen molar-refractivity contribution in [3.63, 3.8) is 0 Å². The molecule has 2 N–H and O–H groups in total. The minimum Gasteiger partial charge on any atom is -0.367 e. The maximum absolute atomic E-state index is 4.19.